The molecule has 0 spiro atoms. The fourth-order valence-corrected chi connectivity index (χ4v) is 0.283. The van der Waals surface area contributed by atoms with Crippen LogP contribution in [0.3, 0.4) is 0 Å². The zero-order valence-corrected chi connectivity index (χ0v) is 14.2. The Bertz CT molecular complexity index is 87.0. The maximum Gasteiger partial charge on any atom is 1.00 e. The first-order chi connectivity index (χ1) is 5.15. The van der Waals surface area contributed by atoms with Crippen molar-refractivity contribution < 1.29 is 128 Å². The van der Waals surface area contributed by atoms with Crippen molar-refractivity contribution in [3.05, 3.63) is 0 Å². The molecule has 8 heteroatoms. The van der Waals surface area contributed by atoms with E-state index in [1.807, 2.05) is 0 Å². The number of carbonyl (C=O) groups excluding carboxylic acids is 1. The number of aliphatic hydroxyl groups excluding tert-OH is 2. The average Bonchev–Trinajstić information content (AvgIpc) is 1.88. The van der Waals surface area contributed by atoms with Crippen LogP contribution in [0.5, 0.6) is 0 Å². The predicted octanol–water partition coefficient (Wildman–Crippen LogP) is -9.88. The Morgan fingerprint density at radius 3 is 1.46 bits per heavy atom. The van der Waals surface area contributed by atoms with E-state index in [-0.39, 0.29) is 116 Å². The molecule has 0 aliphatic carbocycles. The van der Waals surface area contributed by atoms with Gasteiger partial charge in [-0.25, -0.2) is 0 Å². The SMILES string of the molecule is O=C([O-])[O-].OCCNCCO.[K+].[K+]. The van der Waals surface area contributed by atoms with Crippen molar-refractivity contribution in [3.8, 4) is 0 Å². The fraction of sp³-hybridized carbons (Fsp3) is 0.800. The Morgan fingerprint density at radius 1 is 1.08 bits per heavy atom. The zero-order chi connectivity index (χ0) is 9.11. The minimum Gasteiger partial charge on any atom is -0.652 e. The third-order valence-corrected chi connectivity index (χ3v) is 0.577. The molecule has 0 amide bonds. The molecule has 6 nitrogen and oxygen atoms in total. The van der Waals surface area contributed by atoms with Gasteiger partial charge in [-0.05, 0) is 6.16 Å². The van der Waals surface area contributed by atoms with Crippen LogP contribution in [0.25, 0.3) is 0 Å². The molecule has 0 fully saturated rings. The second-order valence-corrected chi connectivity index (χ2v) is 1.45. The number of carbonyl (C=O) groups is 1. The van der Waals surface area contributed by atoms with Crippen molar-refractivity contribution in [2.45, 2.75) is 0 Å². The molecule has 13 heavy (non-hydrogen) atoms. The zero-order valence-electron chi connectivity index (χ0n) is 7.95. The van der Waals surface area contributed by atoms with Crippen molar-refractivity contribution in [3.63, 3.8) is 0 Å². The van der Waals surface area contributed by atoms with Crippen molar-refractivity contribution in [2.24, 2.45) is 0 Å². The van der Waals surface area contributed by atoms with Gasteiger partial charge < -0.3 is 30.5 Å². The van der Waals surface area contributed by atoms with E-state index in [0.717, 1.165) is 0 Å². The summed E-state index contributed by atoms with van der Waals surface area (Å²) in [4.78, 5) is 8.33. The van der Waals surface area contributed by atoms with Gasteiger partial charge in [0.05, 0.1) is 13.2 Å². The maximum absolute atomic E-state index is 8.33. The summed E-state index contributed by atoms with van der Waals surface area (Å²) in [6.07, 6.45) is -2.33. The number of hydrogen-bond donors (Lipinski definition) is 3. The minimum absolute atomic E-state index is 0. The molecule has 0 saturated heterocycles. The van der Waals surface area contributed by atoms with Gasteiger partial charge in [0.1, 0.15) is 0 Å². The van der Waals surface area contributed by atoms with Crippen molar-refractivity contribution in [1.82, 2.24) is 5.32 Å². The van der Waals surface area contributed by atoms with Crippen LogP contribution in [0.2, 0.25) is 0 Å². The molecule has 0 heterocycles. The van der Waals surface area contributed by atoms with E-state index in [9.17, 15) is 0 Å². The quantitative estimate of drug-likeness (QED) is 0.333. The molecule has 68 valence electrons. The second kappa shape index (κ2) is 23.9. The third kappa shape index (κ3) is 54.0. The summed E-state index contributed by atoms with van der Waals surface area (Å²) in [5.41, 5.74) is 0. The van der Waals surface area contributed by atoms with Gasteiger partial charge in [0.25, 0.3) is 0 Å². The summed E-state index contributed by atoms with van der Waals surface area (Å²) in [7, 11) is 0. The minimum atomic E-state index is -2.33. The van der Waals surface area contributed by atoms with Crippen molar-refractivity contribution in [2.75, 3.05) is 26.3 Å². The first-order valence-electron chi connectivity index (χ1n) is 2.95. The van der Waals surface area contributed by atoms with Crippen molar-refractivity contribution in [1.29, 1.82) is 0 Å². The molecule has 0 saturated carbocycles. The number of carboxylic acid groups (broad SMARTS) is 2. The molecule has 0 bridgehead atoms. The van der Waals surface area contributed by atoms with Gasteiger partial charge in [-0.1, -0.05) is 0 Å². The number of nitrogens with one attached hydrogen (secondary N) is 1. The molecule has 0 aromatic carbocycles. The number of hydrogen-bond acceptors (Lipinski definition) is 6. The van der Waals surface area contributed by atoms with Crippen LogP contribution in [0, 0.1) is 0 Å². The predicted molar refractivity (Wildman–Crippen MR) is 32.4 cm³/mol. The summed E-state index contributed by atoms with van der Waals surface area (Å²) in [6, 6.07) is 0. The van der Waals surface area contributed by atoms with E-state index in [1.165, 1.54) is 0 Å². The molecule has 3 N–H and O–H groups in total. The van der Waals surface area contributed by atoms with Gasteiger partial charge in [-0.15, -0.1) is 0 Å². The monoisotopic (exact) mass is 243 g/mol. The average molecular weight is 243 g/mol. The van der Waals surface area contributed by atoms with E-state index < -0.39 is 6.16 Å². The molecule has 0 aromatic rings. The van der Waals surface area contributed by atoms with Gasteiger partial charge in [-0.3, -0.25) is 0 Å². The Morgan fingerprint density at radius 2 is 1.31 bits per heavy atom. The third-order valence-electron chi connectivity index (χ3n) is 0.577. The van der Waals surface area contributed by atoms with Crippen LogP contribution < -0.4 is 118 Å². The van der Waals surface area contributed by atoms with E-state index in [4.69, 9.17) is 25.2 Å². The summed E-state index contributed by atoms with van der Waals surface area (Å²) >= 11 is 0. The van der Waals surface area contributed by atoms with Gasteiger partial charge in [-0.2, -0.15) is 0 Å². The van der Waals surface area contributed by atoms with E-state index in [1.54, 1.807) is 0 Å². The van der Waals surface area contributed by atoms with Crippen LogP contribution in [-0.2, 0) is 0 Å². The number of aliphatic hydroxyl groups is 2. The molecule has 0 radical (unpaired) electrons. The first-order valence-corrected chi connectivity index (χ1v) is 2.95. The van der Waals surface area contributed by atoms with Gasteiger partial charge >= 0.3 is 103 Å². The van der Waals surface area contributed by atoms with Gasteiger partial charge in [0, 0.05) is 13.1 Å². The largest absolute Gasteiger partial charge is 1.00 e. The van der Waals surface area contributed by atoms with Gasteiger partial charge in [0.2, 0.25) is 0 Å². The van der Waals surface area contributed by atoms with Crippen LogP contribution in [0.15, 0.2) is 0 Å². The van der Waals surface area contributed by atoms with Crippen LogP contribution >= 0.6 is 0 Å². The summed E-state index contributed by atoms with van der Waals surface area (Å²) < 4.78 is 0. The Balaban J connectivity index is -0.0000000600. The molecule has 0 atom stereocenters. The Hall–Kier alpha value is 2.42. The summed E-state index contributed by atoms with van der Waals surface area (Å²) in [5, 5.41) is 35.7. The molecule has 0 rings (SSSR count). The molecule has 0 aromatic heterocycles. The summed E-state index contributed by atoms with van der Waals surface area (Å²) in [5.74, 6) is 0. The molecule has 0 unspecified atom stereocenters. The smallest absolute Gasteiger partial charge is 0.652 e. The number of rotatable bonds is 4. The normalized spacial score (nSPS) is 6.92. The van der Waals surface area contributed by atoms with Gasteiger partial charge in [0.15, 0.2) is 0 Å². The first kappa shape index (κ1) is 24.6. The van der Waals surface area contributed by atoms with E-state index in [0.29, 0.717) is 13.1 Å². The second-order valence-electron chi connectivity index (χ2n) is 1.45. The van der Waals surface area contributed by atoms with Crippen LogP contribution in [0.1, 0.15) is 0 Å². The van der Waals surface area contributed by atoms with E-state index >= 15 is 0 Å². The van der Waals surface area contributed by atoms with Crippen LogP contribution in [0.4, 0.5) is 4.79 Å². The topological polar surface area (TPSA) is 116 Å². The maximum atomic E-state index is 8.33. The standard InChI is InChI=1S/C4H11NO2.CH2O3.2K/c6-3-1-5-2-4-7;2-1(3)4;;/h5-7H,1-4H2;(H2,2,3,4);;/q;;2*+1/p-2. The Kier molecular flexibility index (Phi) is 45.2. The molecular weight excluding hydrogens is 232 g/mol. The van der Waals surface area contributed by atoms with E-state index in [2.05, 4.69) is 5.32 Å². The van der Waals surface area contributed by atoms with Crippen molar-refractivity contribution >= 4 is 6.16 Å². The Labute approximate surface area is 162 Å². The summed E-state index contributed by atoms with van der Waals surface area (Å²) in [6.45, 7) is 1.42. The molecule has 0 aliphatic heterocycles. The molecule has 0 aliphatic rings. The molecular formula is C5H11K2NO5. The fourth-order valence-electron chi connectivity index (χ4n) is 0.283. The van der Waals surface area contributed by atoms with Crippen LogP contribution in [-0.4, -0.2) is 42.7 Å².